The first-order chi connectivity index (χ1) is 9.43. The van der Waals surface area contributed by atoms with Gasteiger partial charge in [-0.2, -0.15) is 8.78 Å². The minimum Gasteiger partial charge on any atom is -0.480 e. The van der Waals surface area contributed by atoms with Crippen molar-refractivity contribution in [3.05, 3.63) is 29.8 Å². The Bertz CT molecular complexity index is 463. The second kappa shape index (κ2) is 7.39. The molecule has 0 aliphatic carbocycles. The average Bonchev–Trinajstić information content (AvgIpc) is 2.38. The third kappa shape index (κ3) is 4.81. The third-order valence-corrected chi connectivity index (χ3v) is 2.36. The number of halogens is 2. The molecular formula is C12H13F2NO5. The minimum atomic E-state index is -2.96. The fraction of sp³-hybridized carbons (Fsp3) is 0.333. The molecule has 1 aromatic rings. The molecule has 0 radical (unpaired) electrons. The first kappa shape index (κ1) is 15.8. The summed E-state index contributed by atoms with van der Waals surface area (Å²) in [5.74, 6) is -2.07. The largest absolute Gasteiger partial charge is 0.480 e. The van der Waals surface area contributed by atoms with Gasteiger partial charge in [0.2, 0.25) is 0 Å². The number of hydrogen-bond donors (Lipinski definition) is 3. The van der Waals surface area contributed by atoms with E-state index in [0.29, 0.717) is 0 Å². The van der Waals surface area contributed by atoms with Crippen molar-refractivity contribution >= 4 is 11.9 Å². The zero-order valence-electron chi connectivity index (χ0n) is 10.3. The second-order valence-corrected chi connectivity index (χ2v) is 3.78. The van der Waals surface area contributed by atoms with Gasteiger partial charge in [-0.15, -0.1) is 0 Å². The molecule has 0 spiro atoms. The van der Waals surface area contributed by atoms with Gasteiger partial charge < -0.3 is 20.3 Å². The number of hydrogen-bond acceptors (Lipinski definition) is 4. The maximum atomic E-state index is 11.9. The third-order valence-electron chi connectivity index (χ3n) is 2.36. The molecule has 1 atom stereocenters. The predicted molar refractivity (Wildman–Crippen MR) is 63.7 cm³/mol. The fourth-order valence-electron chi connectivity index (χ4n) is 1.42. The molecule has 110 valence electrons. The van der Waals surface area contributed by atoms with Crippen LogP contribution in [0.5, 0.6) is 5.75 Å². The number of ether oxygens (including phenoxy) is 1. The average molecular weight is 289 g/mol. The maximum Gasteiger partial charge on any atom is 0.387 e. The Hall–Kier alpha value is -2.22. The van der Waals surface area contributed by atoms with Gasteiger partial charge >= 0.3 is 12.6 Å². The van der Waals surface area contributed by atoms with Crippen LogP contribution in [0.3, 0.4) is 0 Å². The Balaban J connectivity index is 2.69. The van der Waals surface area contributed by atoms with Crippen molar-refractivity contribution in [3.8, 4) is 5.75 Å². The van der Waals surface area contributed by atoms with Crippen LogP contribution in [0, 0.1) is 0 Å². The fourth-order valence-corrected chi connectivity index (χ4v) is 1.42. The Morgan fingerprint density at radius 3 is 2.30 bits per heavy atom. The molecule has 0 fully saturated rings. The van der Waals surface area contributed by atoms with Crippen LogP contribution in [0.15, 0.2) is 24.3 Å². The number of rotatable bonds is 7. The predicted octanol–water partition coefficient (Wildman–Crippen LogP) is 0.853. The lowest BCUT2D eigenvalue weighted by atomic mass is 10.1. The van der Waals surface area contributed by atoms with Crippen molar-refractivity contribution in [2.45, 2.75) is 19.1 Å². The van der Waals surface area contributed by atoms with Crippen molar-refractivity contribution in [3.63, 3.8) is 0 Å². The Morgan fingerprint density at radius 2 is 1.85 bits per heavy atom. The van der Waals surface area contributed by atoms with Gasteiger partial charge in [0.05, 0.1) is 0 Å². The number of carbonyl (C=O) groups is 2. The summed E-state index contributed by atoms with van der Waals surface area (Å²) in [4.78, 5) is 22.5. The molecule has 0 unspecified atom stereocenters. The van der Waals surface area contributed by atoms with Crippen LogP contribution in [-0.4, -0.2) is 41.3 Å². The van der Waals surface area contributed by atoms with Gasteiger partial charge in [-0.05, 0) is 24.3 Å². The molecule has 0 bridgehead atoms. The van der Waals surface area contributed by atoms with Gasteiger partial charge in [0.25, 0.3) is 5.91 Å². The van der Waals surface area contributed by atoms with Crippen molar-refractivity contribution in [1.29, 1.82) is 0 Å². The van der Waals surface area contributed by atoms with Crippen LogP contribution in [-0.2, 0) is 4.79 Å². The zero-order valence-corrected chi connectivity index (χ0v) is 10.3. The quantitative estimate of drug-likeness (QED) is 0.691. The van der Waals surface area contributed by atoms with E-state index in [1.54, 1.807) is 0 Å². The lowest BCUT2D eigenvalue weighted by Gasteiger charge is -2.13. The topological polar surface area (TPSA) is 95.9 Å². The van der Waals surface area contributed by atoms with Gasteiger partial charge in [0.15, 0.2) is 0 Å². The van der Waals surface area contributed by atoms with Crippen molar-refractivity contribution in [2.24, 2.45) is 0 Å². The maximum absolute atomic E-state index is 11.9. The van der Waals surface area contributed by atoms with Crippen LogP contribution < -0.4 is 10.1 Å². The highest BCUT2D eigenvalue weighted by Gasteiger charge is 2.20. The van der Waals surface area contributed by atoms with E-state index in [4.69, 9.17) is 10.2 Å². The second-order valence-electron chi connectivity index (χ2n) is 3.78. The summed E-state index contributed by atoms with van der Waals surface area (Å²) < 4.78 is 28.0. The summed E-state index contributed by atoms with van der Waals surface area (Å²) in [7, 11) is 0. The molecular weight excluding hydrogens is 276 g/mol. The Kier molecular flexibility index (Phi) is 5.85. The molecule has 0 heterocycles. The number of carboxylic acids is 1. The molecule has 0 aromatic heterocycles. The number of amides is 1. The molecule has 0 saturated carbocycles. The Labute approximate surface area is 113 Å². The van der Waals surface area contributed by atoms with Crippen molar-refractivity contribution in [2.75, 3.05) is 6.61 Å². The van der Waals surface area contributed by atoms with Gasteiger partial charge in [0, 0.05) is 18.6 Å². The molecule has 0 aliphatic heterocycles. The van der Waals surface area contributed by atoms with Crippen LogP contribution >= 0.6 is 0 Å². The molecule has 1 aromatic carbocycles. The van der Waals surface area contributed by atoms with E-state index in [-0.39, 0.29) is 17.7 Å². The number of carboxylic acid groups (broad SMARTS) is 1. The Morgan fingerprint density at radius 1 is 1.25 bits per heavy atom. The van der Waals surface area contributed by atoms with E-state index >= 15 is 0 Å². The van der Waals surface area contributed by atoms with Crippen LogP contribution in [0.1, 0.15) is 16.8 Å². The number of aliphatic hydroxyl groups excluding tert-OH is 1. The zero-order chi connectivity index (χ0) is 15.1. The minimum absolute atomic E-state index is 0.0933. The molecule has 0 aliphatic rings. The molecule has 6 nitrogen and oxygen atoms in total. The number of alkyl halides is 2. The smallest absolute Gasteiger partial charge is 0.387 e. The summed E-state index contributed by atoms with van der Waals surface area (Å²) in [6.45, 7) is -3.35. The van der Waals surface area contributed by atoms with E-state index in [1.165, 1.54) is 24.3 Å². The van der Waals surface area contributed by atoms with E-state index in [2.05, 4.69) is 10.1 Å². The summed E-state index contributed by atoms with van der Waals surface area (Å²) in [5, 5.41) is 19.7. The summed E-state index contributed by atoms with van der Waals surface area (Å²) >= 11 is 0. The van der Waals surface area contributed by atoms with Crippen molar-refractivity contribution in [1.82, 2.24) is 5.32 Å². The van der Waals surface area contributed by atoms with Crippen LogP contribution in [0.2, 0.25) is 0 Å². The lowest BCUT2D eigenvalue weighted by molar-refractivity contribution is -0.139. The summed E-state index contributed by atoms with van der Waals surface area (Å²) in [5.41, 5.74) is 0.0933. The molecule has 1 rings (SSSR count). The van der Waals surface area contributed by atoms with E-state index in [9.17, 15) is 18.4 Å². The number of benzene rings is 1. The SMILES string of the molecule is O=C(N[C@H](CCO)C(=O)O)c1ccc(OC(F)F)cc1. The number of aliphatic carboxylic acids is 1. The number of nitrogens with one attached hydrogen (secondary N) is 1. The lowest BCUT2D eigenvalue weighted by Crippen LogP contribution is -2.41. The van der Waals surface area contributed by atoms with Crippen molar-refractivity contribution < 1.29 is 33.3 Å². The molecule has 0 saturated heterocycles. The highest BCUT2D eigenvalue weighted by molar-refractivity contribution is 5.96. The van der Waals surface area contributed by atoms with E-state index < -0.39 is 31.1 Å². The molecule has 3 N–H and O–H groups in total. The van der Waals surface area contributed by atoms with Gasteiger partial charge in [-0.25, -0.2) is 4.79 Å². The standard InChI is InChI=1S/C12H13F2NO5/c13-12(14)20-8-3-1-7(2-4-8)10(17)15-9(5-6-16)11(18)19/h1-4,9,12,16H,5-6H2,(H,15,17)(H,18,19)/t9-/m1/s1. The van der Waals surface area contributed by atoms with Gasteiger partial charge in [-0.1, -0.05) is 0 Å². The first-order valence-electron chi connectivity index (χ1n) is 5.63. The van der Waals surface area contributed by atoms with E-state index in [0.717, 1.165) is 0 Å². The highest BCUT2D eigenvalue weighted by Crippen LogP contribution is 2.15. The molecule has 1 amide bonds. The van der Waals surface area contributed by atoms with Gasteiger partial charge in [-0.3, -0.25) is 4.79 Å². The first-order valence-corrected chi connectivity index (χ1v) is 5.63. The van der Waals surface area contributed by atoms with Crippen LogP contribution in [0.4, 0.5) is 8.78 Å². The summed E-state index contributed by atoms with van der Waals surface area (Å²) in [6, 6.07) is 3.58. The van der Waals surface area contributed by atoms with Crippen LogP contribution in [0.25, 0.3) is 0 Å². The normalized spacial score (nSPS) is 12.0. The monoisotopic (exact) mass is 289 g/mol. The molecule has 20 heavy (non-hydrogen) atoms. The number of carbonyl (C=O) groups excluding carboxylic acids is 1. The van der Waals surface area contributed by atoms with E-state index in [1.807, 2.05) is 0 Å². The summed E-state index contributed by atoms with van der Waals surface area (Å²) in [6.07, 6.45) is -0.131. The highest BCUT2D eigenvalue weighted by atomic mass is 19.3. The van der Waals surface area contributed by atoms with Gasteiger partial charge in [0.1, 0.15) is 11.8 Å². The number of aliphatic hydroxyl groups is 1. The molecule has 8 heteroatoms.